The standard InChI is InChI=1S/C11H8ClNO3S/c1-6-5-16-11(13-6)17-7-2-3-8(10(14)15)9(12)4-7/h2-5H,1H3,(H,14,15). The predicted molar refractivity (Wildman–Crippen MR) is 63.8 cm³/mol. The van der Waals surface area contributed by atoms with E-state index >= 15 is 0 Å². The van der Waals surface area contributed by atoms with Gasteiger partial charge in [-0.05, 0) is 36.9 Å². The van der Waals surface area contributed by atoms with Crippen LogP contribution in [0.25, 0.3) is 0 Å². The molecule has 1 aromatic heterocycles. The van der Waals surface area contributed by atoms with Crippen LogP contribution in [0, 0.1) is 6.92 Å². The number of benzene rings is 1. The van der Waals surface area contributed by atoms with Crippen molar-refractivity contribution in [2.75, 3.05) is 0 Å². The van der Waals surface area contributed by atoms with Crippen molar-refractivity contribution < 1.29 is 14.3 Å². The van der Waals surface area contributed by atoms with Crippen LogP contribution >= 0.6 is 23.4 Å². The first kappa shape index (κ1) is 12.0. The summed E-state index contributed by atoms with van der Waals surface area (Å²) in [6, 6.07) is 4.71. The minimum Gasteiger partial charge on any atom is -0.478 e. The Balaban J connectivity index is 2.23. The van der Waals surface area contributed by atoms with E-state index in [0.717, 1.165) is 10.6 Å². The van der Waals surface area contributed by atoms with Crippen LogP contribution in [0.1, 0.15) is 16.1 Å². The van der Waals surface area contributed by atoms with Crippen LogP contribution in [0.4, 0.5) is 0 Å². The molecule has 0 fully saturated rings. The third kappa shape index (κ3) is 2.81. The molecule has 0 aliphatic carbocycles. The van der Waals surface area contributed by atoms with Gasteiger partial charge in [0, 0.05) is 4.90 Å². The molecule has 88 valence electrons. The Kier molecular flexibility index (Phi) is 3.40. The molecule has 0 bridgehead atoms. The van der Waals surface area contributed by atoms with Gasteiger partial charge in [-0.2, -0.15) is 0 Å². The van der Waals surface area contributed by atoms with E-state index in [9.17, 15) is 4.79 Å². The molecule has 0 unspecified atom stereocenters. The number of aryl methyl sites for hydroxylation is 1. The second-order valence-electron chi connectivity index (χ2n) is 3.30. The maximum atomic E-state index is 10.8. The molecule has 0 amide bonds. The van der Waals surface area contributed by atoms with Crippen molar-refractivity contribution in [3.8, 4) is 0 Å². The first-order valence-corrected chi connectivity index (χ1v) is 5.88. The van der Waals surface area contributed by atoms with Crippen LogP contribution in [0.2, 0.25) is 5.02 Å². The highest BCUT2D eigenvalue weighted by Crippen LogP contribution is 2.30. The van der Waals surface area contributed by atoms with Gasteiger partial charge in [0.05, 0.1) is 16.3 Å². The third-order valence-corrected chi connectivity index (χ3v) is 3.14. The van der Waals surface area contributed by atoms with Gasteiger partial charge in [0.1, 0.15) is 6.26 Å². The summed E-state index contributed by atoms with van der Waals surface area (Å²) in [6.45, 7) is 1.83. The zero-order valence-electron chi connectivity index (χ0n) is 8.81. The molecule has 2 rings (SSSR count). The molecular weight excluding hydrogens is 262 g/mol. The number of carbonyl (C=O) groups is 1. The lowest BCUT2D eigenvalue weighted by Crippen LogP contribution is -1.96. The topological polar surface area (TPSA) is 63.3 Å². The van der Waals surface area contributed by atoms with Crippen LogP contribution in [0.15, 0.2) is 39.0 Å². The molecule has 0 aliphatic heterocycles. The smallest absolute Gasteiger partial charge is 0.337 e. The number of hydrogen-bond donors (Lipinski definition) is 1. The zero-order chi connectivity index (χ0) is 12.4. The lowest BCUT2D eigenvalue weighted by atomic mass is 10.2. The number of aromatic nitrogens is 1. The number of carboxylic acids is 1. The number of aromatic carboxylic acids is 1. The monoisotopic (exact) mass is 269 g/mol. The maximum absolute atomic E-state index is 10.8. The number of rotatable bonds is 3. The molecule has 0 aliphatic rings. The van der Waals surface area contributed by atoms with Crippen LogP contribution in [0.5, 0.6) is 0 Å². The minimum absolute atomic E-state index is 0.0830. The molecule has 0 spiro atoms. The normalized spacial score (nSPS) is 10.5. The third-order valence-electron chi connectivity index (χ3n) is 1.97. The zero-order valence-corrected chi connectivity index (χ0v) is 10.4. The van der Waals surface area contributed by atoms with Gasteiger partial charge in [-0.25, -0.2) is 9.78 Å². The summed E-state index contributed by atoms with van der Waals surface area (Å²) in [5.41, 5.74) is 0.875. The summed E-state index contributed by atoms with van der Waals surface area (Å²) >= 11 is 7.14. The molecule has 6 heteroatoms. The number of halogens is 1. The van der Waals surface area contributed by atoms with Gasteiger partial charge in [-0.1, -0.05) is 11.6 Å². The van der Waals surface area contributed by atoms with E-state index in [1.54, 1.807) is 18.4 Å². The number of oxazole rings is 1. The van der Waals surface area contributed by atoms with Crippen LogP contribution in [-0.2, 0) is 0 Å². The molecule has 1 aromatic carbocycles. The fourth-order valence-electron chi connectivity index (χ4n) is 1.21. The van der Waals surface area contributed by atoms with Crippen molar-refractivity contribution in [1.82, 2.24) is 4.98 Å². The number of hydrogen-bond acceptors (Lipinski definition) is 4. The first-order chi connectivity index (χ1) is 8.06. The maximum Gasteiger partial charge on any atom is 0.337 e. The largest absolute Gasteiger partial charge is 0.478 e. The van der Waals surface area contributed by atoms with Gasteiger partial charge < -0.3 is 9.52 Å². The Morgan fingerprint density at radius 2 is 2.29 bits per heavy atom. The van der Waals surface area contributed by atoms with Crippen LogP contribution < -0.4 is 0 Å². The van der Waals surface area contributed by atoms with E-state index < -0.39 is 5.97 Å². The highest BCUT2D eigenvalue weighted by atomic mass is 35.5. The average Bonchev–Trinajstić information content (AvgIpc) is 2.63. The van der Waals surface area contributed by atoms with E-state index in [2.05, 4.69) is 4.98 Å². The Bertz CT molecular complexity index is 568. The minimum atomic E-state index is -1.04. The molecule has 0 atom stereocenters. The fourth-order valence-corrected chi connectivity index (χ4v) is 2.34. The summed E-state index contributed by atoms with van der Waals surface area (Å²) in [5, 5.41) is 9.53. The highest BCUT2D eigenvalue weighted by Gasteiger charge is 2.10. The summed E-state index contributed by atoms with van der Waals surface area (Å²) in [6.07, 6.45) is 1.55. The van der Waals surface area contributed by atoms with Crippen molar-refractivity contribution in [1.29, 1.82) is 0 Å². The lowest BCUT2D eigenvalue weighted by Gasteiger charge is -2.01. The second-order valence-corrected chi connectivity index (χ2v) is 4.74. The molecule has 0 saturated carbocycles. The molecule has 1 heterocycles. The van der Waals surface area contributed by atoms with Crippen molar-refractivity contribution >= 4 is 29.3 Å². The Hall–Kier alpha value is -1.46. The summed E-state index contributed by atoms with van der Waals surface area (Å²) in [5.74, 6) is -1.04. The van der Waals surface area contributed by atoms with Crippen molar-refractivity contribution in [2.45, 2.75) is 17.0 Å². The van der Waals surface area contributed by atoms with Gasteiger partial charge in [-0.3, -0.25) is 0 Å². The summed E-state index contributed by atoms with van der Waals surface area (Å²) in [4.78, 5) is 15.7. The summed E-state index contributed by atoms with van der Waals surface area (Å²) in [7, 11) is 0. The van der Waals surface area contributed by atoms with E-state index in [-0.39, 0.29) is 10.6 Å². The van der Waals surface area contributed by atoms with Crippen LogP contribution in [0.3, 0.4) is 0 Å². The molecule has 0 saturated heterocycles. The van der Waals surface area contributed by atoms with Crippen LogP contribution in [-0.4, -0.2) is 16.1 Å². The van der Waals surface area contributed by atoms with Crippen molar-refractivity contribution in [3.63, 3.8) is 0 Å². The molecular formula is C11H8ClNO3S. The Morgan fingerprint density at radius 1 is 1.53 bits per heavy atom. The van der Waals surface area contributed by atoms with E-state index in [4.69, 9.17) is 21.1 Å². The molecule has 2 aromatic rings. The van der Waals surface area contributed by atoms with E-state index in [1.807, 2.05) is 6.92 Å². The molecule has 1 N–H and O–H groups in total. The van der Waals surface area contributed by atoms with Gasteiger partial charge in [-0.15, -0.1) is 0 Å². The SMILES string of the molecule is Cc1coc(Sc2ccc(C(=O)O)c(Cl)c2)n1. The van der Waals surface area contributed by atoms with Gasteiger partial charge in [0.15, 0.2) is 0 Å². The lowest BCUT2D eigenvalue weighted by molar-refractivity contribution is 0.0697. The Morgan fingerprint density at radius 3 is 2.82 bits per heavy atom. The van der Waals surface area contributed by atoms with Gasteiger partial charge in [0.2, 0.25) is 0 Å². The number of carboxylic acid groups (broad SMARTS) is 1. The van der Waals surface area contributed by atoms with Crippen molar-refractivity contribution in [2.24, 2.45) is 0 Å². The first-order valence-electron chi connectivity index (χ1n) is 4.69. The van der Waals surface area contributed by atoms with Crippen molar-refractivity contribution in [3.05, 3.63) is 40.7 Å². The fraction of sp³-hybridized carbons (Fsp3) is 0.0909. The Labute approximate surface area is 107 Å². The second kappa shape index (κ2) is 4.81. The van der Waals surface area contributed by atoms with E-state index in [0.29, 0.717) is 5.22 Å². The average molecular weight is 270 g/mol. The predicted octanol–water partition coefficient (Wildman–Crippen LogP) is 3.49. The molecule has 17 heavy (non-hydrogen) atoms. The highest BCUT2D eigenvalue weighted by molar-refractivity contribution is 7.99. The van der Waals surface area contributed by atoms with E-state index in [1.165, 1.54) is 17.8 Å². The number of nitrogens with zero attached hydrogens (tertiary/aromatic N) is 1. The van der Waals surface area contributed by atoms with Gasteiger partial charge >= 0.3 is 5.97 Å². The quantitative estimate of drug-likeness (QED) is 0.924. The molecule has 4 nitrogen and oxygen atoms in total. The van der Waals surface area contributed by atoms with Gasteiger partial charge in [0.25, 0.3) is 5.22 Å². The summed E-state index contributed by atoms with van der Waals surface area (Å²) < 4.78 is 5.18. The molecule has 0 radical (unpaired) electrons.